The summed E-state index contributed by atoms with van der Waals surface area (Å²) in [5.74, 6) is 1.34. The summed E-state index contributed by atoms with van der Waals surface area (Å²) in [5, 5.41) is 2.91. The predicted molar refractivity (Wildman–Crippen MR) is 135 cm³/mol. The number of hydrogen-bond acceptors (Lipinski definition) is 6. The van der Waals surface area contributed by atoms with Crippen molar-refractivity contribution in [2.24, 2.45) is 0 Å². The van der Waals surface area contributed by atoms with Gasteiger partial charge in [0.25, 0.3) is 11.8 Å². The third kappa shape index (κ3) is 5.32. The predicted octanol–water partition coefficient (Wildman–Crippen LogP) is 3.93. The lowest BCUT2D eigenvalue weighted by molar-refractivity contribution is 0.0746. The van der Waals surface area contributed by atoms with Gasteiger partial charge in [-0.1, -0.05) is 6.07 Å². The second-order valence-corrected chi connectivity index (χ2v) is 8.05. The maximum Gasteiger partial charge on any atom is 0.263 e. The van der Waals surface area contributed by atoms with Gasteiger partial charge in [-0.05, 0) is 60.7 Å². The molecule has 8 heteroatoms. The van der Waals surface area contributed by atoms with E-state index in [1.807, 2.05) is 29.2 Å². The number of amides is 2. The number of benzene rings is 3. The maximum atomic E-state index is 12.9. The van der Waals surface area contributed by atoms with Gasteiger partial charge in [-0.15, -0.1) is 0 Å². The third-order valence-corrected chi connectivity index (χ3v) is 6.05. The Morgan fingerprint density at radius 2 is 1.34 bits per heavy atom. The Kier molecular flexibility index (Phi) is 7.40. The van der Waals surface area contributed by atoms with Crippen molar-refractivity contribution in [2.45, 2.75) is 0 Å². The van der Waals surface area contributed by atoms with E-state index in [1.54, 1.807) is 49.6 Å². The van der Waals surface area contributed by atoms with Crippen LogP contribution in [-0.4, -0.2) is 64.2 Å². The Morgan fingerprint density at radius 3 is 1.89 bits per heavy atom. The molecule has 1 fully saturated rings. The van der Waals surface area contributed by atoms with Crippen LogP contribution >= 0.6 is 0 Å². The molecule has 1 heterocycles. The lowest BCUT2D eigenvalue weighted by atomic mass is 10.1. The fraction of sp³-hybridized carbons (Fsp3) is 0.259. The SMILES string of the molecule is COc1ccc(C(=O)N2CCN(c3ccc(NC(=O)c4c(OC)cccc4OC)cc3)CC2)cc1. The van der Waals surface area contributed by atoms with E-state index < -0.39 is 0 Å². The number of methoxy groups -OCH3 is 3. The molecule has 1 aliphatic heterocycles. The standard InChI is InChI=1S/C27H29N3O5/c1-33-22-13-7-19(8-14-22)27(32)30-17-15-29(16-18-30)21-11-9-20(10-12-21)28-26(31)25-23(34-2)5-4-6-24(25)35-3/h4-14H,15-18H2,1-3H3,(H,28,31). The summed E-state index contributed by atoms with van der Waals surface area (Å²) in [6, 6.07) is 20.1. The van der Waals surface area contributed by atoms with Crippen molar-refractivity contribution in [1.82, 2.24) is 4.90 Å². The fourth-order valence-electron chi connectivity index (χ4n) is 4.11. The van der Waals surface area contributed by atoms with Crippen molar-refractivity contribution in [3.63, 3.8) is 0 Å². The van der Waals surface area contributed by atoms with Crippen molar-refractivity contribution in [2.75, 3.05) is 57.7 Å². The molecule has 1 N–H and O–H groups in total. The molecular weight excluding hydrogens is 446 g/mol. The minimum Gasteiger partial charge on any atom is -0.497 e. The number of nitrogens with zero attached hydrogens (tertiary/aromatic N) is 2. The molecule has 4 rings (SSSR count). The van der Waals surface area contributed by atoms with Gasteiger partial charge in [-0.3, -0.25) is 9.59 Å². The van der Waals surface area contributed by atoms with Gasteiger partial charge in [-0.2, -0.15) is 0 Å². The van der Waals surface area contributed by atoms with E-state index in [9.17, 15) is 9.59 Å². The highest BCUT2D eigenvalue weighted by atomic mass is 16.5. The lowest BCUT2D eigenvalue weighted by Crippen LogP contribution is -2.48. The molecule has 182 valence electrons. The summed E-state index contributed by atoms with van der Waals surface area (Å²) in [6.45, 7) is 2.73. The van der Waals surface area contributed by atoms with E-state index in [0.29, 0.717) is 41.4 Å². The molecule has 3 aromatic carbocycles. The van der Waals surface area contributed by atoms with Crippen LogP contribution in [0, 0.1) is 0 Å². The first-order valence-corrected chi connectivity index (χ1v) is 11.3. The smallest absolute Gasteiger partial charge is 0.263 e. The van der Waals surface area contributed by atoms with E-state index in [4.69, 9.17) is 14.2 Å². The summed E-state index contributed by atoms with van der Waals surface area (Å²) in [4.78, 5) is 29.8. The number of carbonyl (C=O) groups excluding carboxylic acids is 2. The first-order valence-electron chi connectivity index (χ1n) is 11.3. The minimum atomic E-state index is -0.308. The zero-order valence-electron chi connectivity index (χ0n) is 20.1. The van der Waals surface area contributed by atoms with Gasteiger partial charge < -0.3 is 29.3 Å². The number of piperazine rings is 1. The second-order valence-electron chi connectivity index (χ2n) is 8.05. The van der Waals surface area contributed by atoms with Crippen molar-refractivity contribution >= 4 is 23.2 Å². The molecule has 0 spiro atoms. The zero-order chi connectivity index (χ0) is 24.8. The summed E-state index contributed by atoms with van der Waals surface area (Å²) in [6.07, 6.45) is 0. The topological polar surface area (TPSA) is 80.3 Å². The average molecular weight is 476 g/mol. The van der Waals surface area contributed by atoms with Crippen molar-refractivity contribution < 1.29 is 23.8 Å². The molecule has 1 saturated heterocycles. The molecule has 0 aromatic heterocycles. The van der Waals surface area contributed by atoms with Gasteiger partial charge in [0, 0.05) is 43.1 Å². The van der Waals surface area contributed by atoms with Crippen molar-refractivity contribution in [1.29, 1.82) is 0 Å². The average Bonchev–Trinajstić information content (AvgIpc) is 2.92. The van der Waals surface area contributed by atoms with Crippen LogP contribution in [0.4, 0.5) is 11.4 Å². The Morgan fingerprint density at radius 1 is 0.743 bits per heavy atom. The first kappa shape index (κ1) is 23.9. The first-order chi connectivity index (χ1) is 17.0. The van der Waals surface area contributed by atoms with Crippen LogP contribution in [0.15, 0.2) is 66.7 Å². The van der Waals surface area contributed by atoms with E-state index in [0.717, 1.165) is 24.5 Å². The van der Waals surface area contributed by atoms with Crippen LogP contribution in [0.5, 0.6) is 17.2 Å². The molecule has 2 amide bonds. The van der Waals surface area contributed by atoms with Gasteiger partial charge in [0.05, 0.1) is 21.3 Å². The number of rotatable bonds is 7. The van der Waals surface area contributed by atoms with Crippen LogP contribution < -0.4 is 24.4 Å². The molecule has 0 atom stereocenters. The van der Waals surface area contributed by atoms with Crippen LogP contribution in [0.25, 0.3) is 0 Å². The summed E-state index contributed by atoms with van der Waals surface area (Å²) >= 11 is 0. The Balaban J connectivity index is 1.36. The van der Waals surface area contributed by atoms with Crippen LogP contribution in [-0.2, 0) is 0 Å². The van der Waals surface area contributed by atoms with Crippen LogP contribution in [0.3, 0.4) is 0 Å². The Labute approximate surface area is 205 Å². The number of nitrogens with one attached hydrogen (secondary N) is 1. The molecular formula is C27H29N3O5. The number of hydrogen-bond donors (Lipinski definition) is 1. The molecule has 0 saturated carbocycles. The normalized spacial score (nSPS) is 13.2. The second kappa shape index (κ2) is 10.8. The molecule has 0 bridgehead atoms. The summed E-state index contributed by atoms with van der Waals surface area (Å²) in [5.41, 5.74) is 2.71. The zero-order valence-corrected chi connectivity index (χ0v) is 20.1. The number of anilines is 2. The molecule has 1 aliphatic rings. The highest BCUT2D eigenvalue weighted by Crippen LogP contribution is 2.29. The van der Waals surface area contributed by atoms with E-state index >= 15 is 0 Å². The van der Waals surface area contributed by atoms with Gasteiger partial charge in [-0.25, -0.2) is 0 Å². The van der Waals surface area contributed by atoms with Crippen molar-refractivity contribution in [3.05, 3.63) is 77.9 Å². The Hall–Kier alpha value is -4.20. The number of carbonyl (C=O) groups is 2. The monoisotopic (exact) mass is 475 g/mol. The fourth-order valence-corrected chi connectivity index (χ4v) is 4.11. The van der Waals surface area contributed by atoms with E-state index in [1.165, 1.54) is 14.2 Å². The van der Waals surface area contributed by atoms with Crippen LogP contribution in [0.2, 0.25) is 0 Å². The number of ether oxygens (including phenoxy) is 3. The highest BCUT2D eigenvalue weighted by molar-refractivity contribution is 6.08. The van der Waals surface area contributed by atoms with E-state index in [-0.39, 0.29) is 11.8 Å². The minimum absolute atomic E-state index is 0.0251. The van der Waals surface area contributed by atoms with Gasteiger partial charge in [0.1, 0.15) is 22.8 Å². The lowest BCUT2D eigenvalue weighted by Gasteiger charge is -2.36. The summed E-state index contributed by atoms with van der Waals surface area (Å²) in [7, 11) is 4.64. The summed E-state index contributed by atoms with van der Waals surface area (Å²) < 4.78 is 15.8. The molecule has 0 unspecified atom stereocenters. The Bertz CT molecular complexity index is 1150. The third-order valence-electron chi connectivity index (χ3n) is 6.05. The van der Waals surface area contributed by atoms with Crippen molar-refractivity contribution in [3.8, 4) is 17.2 Å². The largest absolute Gasteiger partial charge is 0.497 e. The molecule has 0 aliphatic carbocycles. The maximum absolute atomic E-state index is 12.9. The molecule has 8 nitrogen and oxygen atoms in total. The van der Waals surface area contributed by atoms with Gasteiger partial charge in [0.2, 0.25) is 0 Å². The van der Waals surface area contributed by atoms with E-state index in [2.05, 4.69) is 10.2 Å². The highest BCUT2D eigenvalue weighted by Gasteiger charge is 2.23. The molecule has 0 radical (unpaired) electrons. The molecule has 3 aromatic rings. The van der Waals surface area contributed by atoms with Crippen LogP contribution in [0.1, 0.15) is 20.7 Å². The van der Waals surface area contributed by atoms with Gasteiger partial charge >= 0.3 is 0 Å². The quantitative estimate of drug-likeness (QED) is 0.558. The molecule has 35 heavy (non-hydrogen) atoms. The van der Waals surface area contributed by atoms with Gasteiger partial charge in [0.15, 0.2) is 0 Å².